The van der Waals surface area contributed by atoms with Crippen LogP contribution in [-0.4, -0.2) is 35.6 Å². The van der Waals surface area contributed by atoms with Gasteiger partial charge >= 0.3 is 0 Å². The number of hydrogen-bond donors (Lipinski definition) is 1. The fourth-order valence-corrected chi connectivity index (χ4v) is 3.01. The van der Waals surface area contributed by atoms with Gasteiger partial charge in [0.15, 0.2) is 0 Å². The van der Waals surface area contributed by atoms with Gasteiger partial charge in [-0.1, -0.05) is 35.0 Å². The Morgan fingerprint density at radius 2 is 2.15 bits per heavy atom. The molecule has 0 aliphatic carbocycles. The lowest BCUT2D eigenvalue weighted by Gasteiger charge is -2.32. The van der Waals surface area contributed by atoms with Crippen LogP contribution in [-0.2, 0) is 4.79 Å². The minimum absolute atomic E-state index is 0.187. The lowest BCUT2D eigenvalue weighted by Crippen LogP contribution is -2.41. The molecule has 4 heteroatoms. The minimum Gasteiger partial charge on any atom is -0.396 e. The Labute approximate surface area is 129 Å². The van der Waals surface area contributed by atoms with Gasteiger partial charge in [0.05, 0.1) is 0 Å². The Hall–Kier alpha value is -0.870. The van der Waals surface area contributed by atoms with E-state index in [9.17, 15) is 9.90 Å². The van der Waals surface area contributed by atoms with Crippen molar-refractivity contribution in [3.8, 4) is 0 Å². The van der Waals surface area contributed by atoms with Crippen molar-refractivity contribution >= 4 is 21.8 Å². The molecule has 2 rings (SSSR count). The normalized spacial score (nSPS) is 20.8. The number of rotatable bonds is 4. The first kappa shape index (κ1) is 15.5. The molecular weight excluding hydrogens is 318 g/mol. The third-order valence-corrected chi connectivity index (χ3v) is 4.58. The number of halogens is 1. The first-order valence-electron chi connectivity index (χ1n) is 7.24. The van der Waals surface area contributed by atoms with Gasteiger partial charge in [0.25, 0.3) is 0 Å². The van der Waals surface area contributed by atoms with E-state index in [0.29, 0.717) is 13.0 Å². The summed E-state index contributed by atoms with van der Waals surface area (Å²) in [5.41, 5.74) is 1.19. The molecule has 1 aromatic rings. The van der Waals surface area contributed by atoms with Crippen LogP contribution in [0.3, 0.4) is 0 Å². The Morgan fingerprint density at radius 1 is 1.45 bits per heavy atom. The van der Waals surface area contributed by atoms with Crippen molar-refractivity contribution in [2.75, 3.05) is 19.7 Å². The van der Waals surface area contributed by atoms with Gasteiger partial charge in [-0.05, 0) is 42.4 Å². The number of nitrogens with zero attached hydrogens (tertiary/aromatic N) is 1. The van der Waals surface area contributed by atoms with Crippen LogP contribution >= 0.6 is 15.9 Å². The number of benzene rings is 1. The molecule has 110 valence electrons. The fraction of sp³-hybridized carbons (Fsp3) is 0.562. The highest BCUT2D eigenvalue weighted by atomic mass is 79.9. The summed E-state index contributed by atoms with van der Waals surface area (Å²) in [4.78, 5) is 14.3. The van der Waals surface area contributed by atoms with Gasteiger partial charge in [0.1, 0.15) is 0 Å². The van der Waals surface area contributed by atoms with E-state index in [1.807, 2.05) is 17.0 Å². The smallest absolute Gasteiger partial charge is 0.223 e. The van der Waals surface area contributed by atoms with Crippen molar-refractivity contribution in [2.45, 2.75) is 32.1 Å². The monoisotopic (exact) mass is 339 g/mol. The largest absolute Gasteiger partial charge is 0.396 e. The summed E-state index contributed by atoms with van der Waals surface area (Å²) in [5.74, 6) is 0.694. The Balaban J connectivity index is 1.91. The maximum Gasteiger partial charge on any atom is 0.223 e. The molecule has 1 aromatic carbocycles. The summed E-state index contributed by atoms with van der Waals surface area (Å²) in [6.45, 7) is 3.82. The summed E-state index contributed by atoms with van der Waals surface area (Å²) in [6, 6.07) is 8.15. The summed E-state index contributed by atoms with van der Waals surface area (Å²) >= 11 is 3.42. The zero-order valence-corrected chi connectivity index (χ0v) is 13.5. The molecule has 20 heavy (non-hydrogen) atoms. The number of carbonyl (C=O) groups excluding carboxylic acids is 1. The molecule has 2 unspecified atom stereocenters. The van der Waals surface area contributed by atoms with Crippen LogP contribution in [0, 0.1) is 5.92 Å². The van der Waals surface area contributed by atoms with E-state index >= 15 is 0 Å². The zero-order chi connectivity index (χ0) is 14.5. The van der Waals surface area contributed by atoms with Crippen LogP contribution in [0.4, 0.5) is 0 Å². The predicted molar refractivity (Wildman–Crippen MR) is 83.6 cm³/mol. The molecule has 1 fully saturated rings. The SMILES string of the molecule is CC(CC(=O)N1CCCC(CO)C1)c1ccc(Br)cc1. The van der Waals surface area contributed by atoms with Crippen molar-refractivity contribution in [3.05, 3.63) is 34.3 Å². The maximum absolute atomic E-state index is 12.3. The Morgan fingerprint density at radius 3 is 2.80 bits per heavy atom. The number of likely N-dealkylation sites (tertiary alicyclic amines) is 1. The quantitative estimate of drug-likeness (QED) is 0.915. The number of carbonyl (C=O) groups is 1. The Bertz CT molecular complexity index is 446. The molecule has 1 saturated heterocycles. The van der Waals surface area contributed by atoms with Crippen LogP contribution in [0.25, 0.3) is 0 Å². The first-order valence-corrected chi connectivity index (χ1v) is 8.03. The van der Waals surface area contributed by atoms with E-state index in [1.54, 1.807) is 0 Å². The van der Waals surface area contributed by atoms with Crippen LogP contribution in [0.15, 0.2) is 28.7 Å². The van der Waals surface area contributed by atoms with E-state index in [4.69, 9.17) is 0 Å². The molecule has 0 spiro atoms. The maximum atomic E-state index is 12.3. The molecule has 1 N–H and O–H groups in total. The highest BCUT2D eigenvalue weighted by molar-refractivity contribution is 9.10. The summed E-state index contributed by atoms with van der Waals surface area (Å²) in [7, 11) is 0. The van der Waals surface area contributed by atoms with Gasteiger partial charge in [0.2, 0.25) is 5.91 Å². The average Bonchev–Trinajstić information content (AvgIpc) is 2.47. The lowest BCUT2D eigenvalue weighted by atomic mass is 9.95. The van der Waals surface area contributed by atoms with Gasteiger partial charge in [-0.2, -0.15) is 0 Å². The van der Waals surface area contributed by atoms with E-state index in [-0.39, 0.29) is 24.3 Å². The topological polar surface area (TPSA) is 40.5 Å². The number of aliphatic hydroxyl groups excluding tert-OH is 1. The molecular formula is C16H22BrNO2. The molecule has 0 saturated carbocycles. The van der Waals surface area contributed by atoms with E-state index in [2.05, 4.69) is 35.0 Å². The lowest BCUT2D eigenvalue weighted by molar-refractivity contribution is -0.133. The predicted octanol–water partition coefficient (Wildman–Crippen LogP) is 3.17. The van der Waals surface area contributed by atoms with E-state index < -0.39 is 0 Å². The highest BCUT2D eigenvalue weighted by Crippen LogP contribution is 2.24. The number of aliphatic hydroxyl groups is 1. The fourth-order valence-electron chi connectivity index (χ4n) is 2.74. The second-order valence-electron chi connectivity index (χ2n) is 5.69. The van der Waals surface area contributed by atoms with Crippen molar-refractivity contribution in [2.24, 2.45) is 5.92 Å². The van der Waals surface area contributed by atoms with Crippen molar-refractivity contribution in [1.82, 2.24) is 4.90 Å². The second-order valence-corrected chi connectivity index (χ2v) is 6.60. The van der Waals surface area contributed by atoms with Crippen molar-refractivity contribution < 1.29 is 9.90 Å². The van der Waals surface area contributed by atoms with Crippen LogP contribution in [0.1, 0.15) is 37.7 Å². The molecule has 2 atom stereocenters. The van der Waals surface area contributed by atoms with Crippen molar-refractivity contribution in [3.63, 3.8) is 0 Å². The third-order valence-electron chi connectivity index (χ3n) is 4.05. The van der Waals surface area contributed by atoms with Gasteiger partial charge in [-0.3, -0.25) is 4.79 Å². The standard InChI is InChI=1S/C16H22BrNO2/c1-12(14-4-6-15(17)7-5-14)9-16(20)18-8-2-3-13(10-18)11-19/h4-7,12-13,19H,2-3,8-11H2,1H3. The summed E-state index contributed by atoms with van der Waals surface area (Å²) in [5, 5.41) is 9.23. The van der Waals surface area contributed by atoms with Gasteiger partial charge in [0, 0.05) is 30.6 Å². The summed E-state index contributed by atoms with van der Waals surface area (Å²) < 4.78 is 1.06. The van der Waals surface area contributed by atoms with Gasteiger partial charge in [-0.25, -0.2) is 0 Å². The highest BCUT2D eigenvalue weighted by Gasteiger charge is 2.24. The average molecular weight is 340 g/mol. The van der Waals surface area contributed by atoms with Crippen LogP contribution in [0.5, 0.6) is 0 Å². The van der Waals surface area contributed by atoms with E-state index in [0.717, 1.165) is 23.9 Å². The summed E-state index contributed by atoms with van der Waals surface area (Å²) in [6.07, 6.45) is 2.58. The minimum atomic E-state index is 0.187. The van der Waals surface area contributed by atoms with Gasteiger partial charge in [-0.15, -0.1) is 0 Å². The molecule has 0 bridgehead atoms. The zero-order valence-electron chi connectivity index (χ0n) is 11.9. The van der Waals surface area contributed by atoms with Crippen molar-refractivity contribution in [1.29, 1.82) is 0 Å². The molecule has 0 radical (unpaired) electrons. The molecule has 1 aliphatic heterocycles. The number of amides is 1. The van der Waals surface area contributed by atoms with Crippen LogP contribution in [0.2, 0.25) is 0 Å². The molecule has 1 amide bonds. The number of hydrogen-bond acceptors (Lipinski definition) is 2. The molecule has 3 nitrogen and oxygen atoms in total. The second kappa shape index (κ2) is 7.23. The molecule has 1 heterocycles. The first-order chi connectivity index (χ1) is 9.60. The van der Waals surface area contributed by atoms with E-state index in [1.165, 1.54) is 5.56 Å². The molecule has 1 aliphatic rings. The number of piperidine rings is 1. The Kier molecular flexibility index (Phi) is 5.61. The van der Waals surface area contributed by atoms with Crippen LogP contribution < -0.4 is 0 Å². The third kappa shape index (κ3) is 4.06. The van der Waals surface area contributed by atoms with Gasteiger partial charge < -0.3 is 10.0 Å². The molecule has 0 aromatic heterocycles.